The third-order valence-corrected chi connectivity index (χ3v) is 3.79. The number of allylic oxidation sites excluding steroid dienone is 1. The molecule has 6 nitrogen and oxygen atoms in total. The highest BCUT2D eigenvalue weighted by molar-refractivity contribution is 6.22. The summed E-state index contributed by atoms with van der Waals surface area (Å²) in [6.07, 6.45) is 1.93. The molecule has 0 bridgehead atoms. The third kappa shape index (κ3) is 1.91. The van der Waals surface area contributed by atoms with Gasteiger partial charge in [-0.3, -0.25) is 9.59 Å². The molecule has 1 aromatic carbocycles. The van der Waals surface area contributed by atoms with Gasteiger partial charge in [0, 0.05) is 14.1 Å². The average molecular weight is 298 g/mol. The largest absolute Gasteiger partial charge is 0.347 e. The highest BCUT2D eigenvalue weighted by Crippen LogP contribution is 2.40. The van der Waals surface area contributed by atoms with Gasteiger partial charge < -0.3 is 4.90 Å². The maximum atomic E-state index is 12.7. The maximum Gasteiger partial charge on any atom is 0.261 e. The van der Waals surface area contributed by atoms with Crippen molar-refractivity contribution in [3.8, 4) is 0 Å². The van der Waals surface area contributed by atoms with E-state index in [9.17, 15) is 9.59 Å². The molecule has 0 saturated carbocycles. The second kappa shape index (κ2) is 4.98. The van der Waals surface area contributed by atoms with Gasteiger partial charge in [-0.2, -0.15) is 5.01 Å². The van der Waals surface area contributed by atoms with Crippen LogP contribution in [0.4, 0.5) is 11.4 Å². The van der Waals surface area contributed by atoms with Gasteiger partial charge in [-0.05, 0) is 31.0 Å². The van der Waals surface area contributed by atoms with E-state index in [1.165, 1.54) is 10.0 Å². The molecule has 0 aromatic heterocycles. The first kappa shape index (κ1) is 14.3. The fourth-order valence-electron chi connectivity index (χ4n) is 2.72. The zero-order chi connectivity index (χ0) is 16.0. The van der Waals surface area contributed by atoms with Crippen LogP contribution in [-0.2, 0) is 9.59 Å². The molecule has 2 heterocycles. The standard InChI is InChI=1S/C16H18N4O2/c1-5-6-11-14(21)19-13-9-10(2)7-8-12(13)17-16(18(3)4)20(19)15(11)22/h5,7-9,11H,1,6H2,2-4H3. The summed E-state index contributed by atoms with van der Waals surface area (Å²) in [5, 5.41) is 2.82. The smallest absolute Gasteiger partial charge is 0.261 e. The molecule has 0 aliphatic carbocycles. The summed E-state index contributed by atoms with van der Waals surface area (Å²) < 4.78 is 0. The Morgan fingerprint density at radius 3 is 2.59 bits per heavy atom. The molecule has 1 unspecified atom stereocenters. The van der Waals surface area contributed by atoms with Crippen LogP contribution in [0, 0.1) is 12.8 Å². The lowest BCUT2D eigenvalue weighted by Crippen LogP contribution is -2.52. The topological polar surface area (TPSA) is 56.2 Å². The fourth-order valence-corrected chi connectivity index (χ4v) is 2.72. The van der Waals surface area contributed by atoms with E-state index in [1.54, 1.807) is 25.1 Å². The summed E-state index contributed by atoms with van der Waals surface area (Å²) in [6.45, 7) is 5.58. The molecule has 1 atom stereocenters. The summed E-state index contributed by atoms with van der Waals surface area (Å²) in [7, 11) is 3.60. The summed E-state index contributed by atoms with van der Waals surface area (Å²) in [5.74, 6) is -0.772. The van der Waals surface area contributed by atoms with E-state index in [1.807, 2.05) is 25.1 Å². The molecule has 2 aliphatic heterocycles. The lowest BCUT2D eigenvalue weighted by Gasteiger charge is -2.35. The maximum absolute atomic E-state index is 12.7. The first-order valence-electron chi connectivity index (χ1n) is 7.11. The minimum absolute atomic E-state index is 0.231. The van der Waals surface area contributed by atoms with Crippen molar-refractivity contribution >= 4 is 29.1 Å². The van der Waals surface area contributed by atoms with Crippen molar-refractivity contribution in [2.75, 3.05) is 19.1 Å². The summed E-state index contributed by atoms with van der Waals surface area (Å²) >= 11 is 0. The molecule has 6 heteroatoms. The van der Waals surface area contributed by atoms with Crippen LogP contribution in [0.25, 0.3) is 0 Å². The normalized spacial score (nSPS) is 19.8. The van der Waals surface area contributed by atoms with E-state index < -0.39 is 5.92 Å². The number of aliphatic imine (C=N–C) groups is 1. The second-order valence-corrected chi connectivity index (χ2v) is 5.68. The van der Waals surface area contributed by atoms with Crippen molar-refractivity contribution < 1.29 is 9.59 Å². The Labute approximate surface area is 129 Å². The second-order valence-electron chi connectivity index (χ2n) is 5.68. The van der Waals surface area contributed by atoms with Crippen LogP contribution in [-0.4, -0.2) is 41.8 Å². The van der Waals surface area contributed by atoms with Crippen molar-refractivity contribution in [2.45, 2.75) is 13.3 Å². The zero-order valence-electron chi connectivity index (χ0n) is 12.9. The Morgan fingerprint density at radius 1 is 1.27 bits per heavy atom. The fraction of sp³-hybridized carbons (Fsp3) is 0.312. The van der Waals surface area contributed by atoms with Crippen LogP contribution in [0.5, 0.6) is 0 Å². The lowest BCUT2D eigenvalue weighted by molar-refractivity contribution is -0.130. The highest BCUT2D eigenvalue weighted by atomic mass is 16.2. The minimum atomic E-state index is -0.728. The van der Waals surface area contributed by atoms with Crippen molar-refractivity contribution in [3.63, 3.8) is 0 Å². The van der Waals surface area contributed by atoms with Gasteiger partial charge in [0.05, 0.1) is 11.4 Å². The van der Waals surface area contributed by atoms with E-state index >= 15 is 0 Å². The number of carbonyl (C=O) groups excluding carboxylic acids is 2. The number of nitrogens with zero attached hydrogens (tertiary/aromatic N) is 4. The molecule has 1 saturated heterocycles. The quantitative estimate of drug-likeness (QED) is 0.618. The Morgan fingerprint density at radius 2 is 1.95 bits per heavy atom. The summed E-state index contributed by atoms with van der Waals surface area (Å²) in [6, 6.07) is 5.68. The van der Waals surface area contributed by atoms with Gasteiger partial charge in [-0.15, -0.1) is 6.58 Å². The number of anilines is 1. The molecule has 1 aromatic rings. The molecule has 0 spiro atoms. The molecule has 2 aliphatic rings. The number of guanidine groups is 1. The monoisotopic (exact) mass is 298 g/mol. The molecule has 0 radical (unpaired) electrons. The van der Waals surface area contributed by atoms with Crippen LogP contribution >= 0.6 is 0 Å². The van der Waals surface area contributed by atoms with Gasteiger partial charge in [0.1, 0.15) is 5.92 Å². The van der Waals surface area contributed by atoms with E-state index in [0.717, 1.165) is 5.56 Å². The number of rotatable bonds is 2. The first-order chi connectivity index (χ1) is 10.5. The molecule has 3 rings (SSSR count). The summed E-state index contributed by atoms with van der Waals surface area (Å²) in [5.41, 5.74) is 2.34. The number of hydrogen-bond acceptors (Lipinski definition) is 4. The first-order valence-corrected chi connectivity index (χ1v) is 7.11. The van der Waals surface area contributed by atoms with Crippen LogP contribution in [0.2, 0.25) is 0 Å². The number of benzene rings is 1. The molecular weight excluding hydrogens is 280 g/mol. The number of hydrazine groups is 1. The van der Waals surface area contributed by atoms with Gasteiger partial charge in [0.15, 0.2) is 0 Å². The molecule has 2 amide bonds. The third-order valence-electron chi connectivity index (χ3n) is 3.79. The van der Waals surface area contributed by atoms with E-state index in [0.29, 0.717) is 23.8 Å². The highest BCUT2D eigenvalue weighted by Gasteiger charge is 2.50. The average Bonchev–Trinajstić information content (AvgIpc) is 2.72. The Hall–Kier alpha value is -2.63. The van der Waals surface area contributed by atoms with Gasteiger partial charge >= 0.3 is 0 Å². The molecule has 22 heavy (non-hydrogen) atoms. The Bertz CT molecular complexity index is 708. The Kier molecular flexibility index (Phi) is 3.24. The van der Waals surface area contributed by atoms with E-state index in [4.69, 9.17) is 0 Å². The lowest BCUT2D eigenvalue weighted by atomic mass is 10.1. The van der Waals surface area contributed by atoms with Crippen LogP contribution in [0.3, 0.4) is 0 Å². The van der Waals surface area contributed by atoms with E-state index in [-0.39, 0.29) is 11.8 Å². The van der Waals surface area contributed by atoms with Crippen molar-refractivity contribution in [1.82, 2.24) is 9.91 Å². The number of carbonyl (C=O) groups is 2. The molecule has 0 N–H and O–H groups in total. The number of hydrogen-bond donors (Lipinski definition) is 0. The van der Waals surface area contributed by atoms with Crippen molar-refractivity contribution in [2.24, 2.45) is 10.9 Å². The zero-order valence-corrected chi connectivity index (χ0v) is 12.9. The molecule has 1 fully saturated rings. The molecular formula is C16H18N4O2. The van der Waals surface area contributed by atoms with Gasteiger partial charge in [-0.1, -0.05) is 12.1 Å². The summed E-state index contributed by atoms with van der Waals surface area (Å²) in [4.78, 5) is 31.7. The van der Waals surface area contributed by atoms with Crippen molar-refractivity contribution in [1.29, 1.82) is 0 Å². The number of aryl methyl sites for hydroxylation is 1. The number of amides is 2. The van der Waals surface area contributed by atoms with E-state index in [2.05, 4.69) is 11.6 Å². The van der Waals surface area contributed by atoms with Crippen LogP contribution in [0.1, 0.15) is 12.0 Å². The van der Waals surface area contributed by atoms with Crippen LogP contribution in [0.15, 0.2) is 35.8 Å². The predicted molar refractivity (Wildman–Crippen MR) is 84.6 cm³/mol. The van der Waals surface area contributed by atoms with Gasteiger partial charge in [-0.25, -0.2) is 10.0 Å². The minimum Gasteiger partial charge on any atom is -0.347 e. The predicted octanol–water partition coefficient (Wildman–Crippen LogP) is 1.84. The van der Waals surface area contributed by atoms with Crippen molar-refractivity contribution in [3.05, 3.63) is 36.4 Å². The molecule has 114 valence electrons. The SMILES string of the molecule is C=CCC1C(=O)N2C(N(C)C)=Nc3ccc(C)cc3N2C1=O. The van der Waals surface area contributed by atoms with Crippen LogP contribution < -0.4 is 5.01 Å². The number of fused-ring (bicyclic) bond motifs is 3. The Balaban J connectivity index is 2.19. The van der Waals surface area contributed by atoms with Gasteiger partial charge in [0.25, 0.3) is 11.8 Å². The van der Waals surface area contributed by atoms with Gasteiger partial charge in [0.2, 0.25) is 5.96 Å².